The van der Waals surface area contributed by atoms with E-state index in [1.54, 1.807) is 9.80 Å². The van der Waals surface area contributed by atoms with Crippen molar-refractivity contribution in [2.75, 3.05) is 52.5 Å². The van der Waals surface area contributed by atoms with E-state index in [2.05, 4.69) is 10.6 Å². The van der Waals surface area contributed by atoms with Crippen LogP contribution in [0.3, 0.4) is 0 Å². The van der Waals surface area contributed by atoms with Gasteiger partial charge in [0.15, 0.2) is 0 Å². The number of carboxylic acids is 1. The number of nitrogens with zero attached hydrogens (tertiary/aromatic N) is 3. The van der Waals surface area contributed by atoms with Crippen LogP contribution < -0.4 is 10.6 Å². The average molecular weight is 663 g/mol. The third kappa shape index (κ3) is 8.72. The molecule has 0 aliphatic carbocycles. The van der Waals surface area contributed by atoms with Crippen LogP contribution in [0.15, 0.2) is 23.1 Å². The number of hydrogen-bond donors (Lipinski definition) is 3. The van der Waals surface area contributed by atoms with Gasteiger partial charge in [-0.1, -0.05) is 23.2 Å². The molecule has 13 nitrogen and oxygen atoms in total. The lowest BCUT2D eigenvalue weighted by Crippen LogP contribution is -2.51. The second-order valence-electron chi connectivity index (χ2n) is 10.9. The summed E-state index contributed by atoms with van der Waals surface area (Å²) in [5, 5.41) is 15.4. The van der Waals surface area contributed by atoms with Gasteiger partial charge < -0.3 is 30.3 Å². The predicted molar refractivity (Wildman–Crippen MR) is 157 cm³/mol. The fraction of sp³-hybridized carbons (Fsp3) is 0.630. The van der Waals surface area contributed by atoms with Gasteiger partial charge in [0.25, 0.3) is 0 Å². The van der Waals surface area contributed by atoms with Gasteiger partial charge in [0.1, 0.15) is 12.1 Å². The van der Waals surface area contributed by atoms with Gasteiger partial charge in [0.05, 0.1) is 18.1 Å². The van der Waals surface area contributed by atoms with Crippen molar-refractivity contribution in [3.05, 3.63) is 28.2 Å². The minimum Gasteiger partial charge on any atom is -0.480 e. The number of piperidine rings is 1. The van der Waals surface area contributed by atoms with E-state index in [-0.39, 0.29) is 58.6 Å². The molecule has 3 heterocycles. The number of aliphatic carboxylic acids is 1. The molecule has 3 aliphatic heterocycles. The van der Waals surface area contributed by atoms with E-state index in [0.29, 0.717) is 65.2 Å². The number of sulfonamides is 1. The monoisotopic (exact) mass is 661 g/mol. The van der Waals surface area contributed by atoms with Crippen LogP contribution in [0.2, 0.25) is 10.0 Å². The summed E-state index contributed by atoms with van der Waals surface area (Å²) in [6.07, 6.45) is 1.81. The maximum Gasteiger partial charge on any atom is 0.326 e. The van der Waals surface area contributed by atoms with Crippen LogP contribution in [0, 0.1) is 5.92 Å². The van der Waals surface area contributed by atoms with Gasteiger partial charge in [-0.15, -0.1) is 0 Å². The van der Waals surface area contributed by atoms with Crippen molar-refractivity contribution in [1.82, 2.24) is 24.7 Å². The van der Waals surface area contributed by atoms with Crippen LogP contribution in [0.1, 0.15) is 38.5 Å². The van der Waals surface area contributed by atoms with Crippen LogP contribution >= 0.6 is 23.2 Å². The molecule has 0 radical (unpaired) electrons. The molecule has 0 spiro atoms. The second kappa shape index (κ2) is 14.9. The molecule has 2 atom stereocenters. The quantitative estimate of drug-likeness (QED) is 0.341. The molecule has 3 aliphatic rings. The Morgan fingerprint density at radius 1 is 0.953 bits per heavy atom. The Morgan fingerprint density at radius 3 is 2.23 bits per heavy atom. The van der Waals surface area contributed by atoms with E-state index in [9.17, 15) is 32.7 Å². The number of urea groups is 1. The van der Waals surface area contributed by atoms with E-state index in [4.69, 9.17) is 27.9 Å². The summed E-state index contributed by atoms with van der Waals surface area (Å²) in [4.78, 5) is 53.5. The van der Waals surface area contributed by atoms with Gasteiger partial charge in [0.2, 0.25) is 21.8 Å². The van der Waals surface area contributed by atoms with E-state index in [0.717, 1.165) is 4.31 Å². The Morgan fingerprint density at radius 2 is 1.60 bits per heavy atom. The van der Waals surface area contributed by atoms with Crippen LogP contribution in [-0.4, -0.2) is 116 Å². The van der Waals surface area contributed by atoms with Gasteiger partial charge in [-0.25, -0.2) is 18.0 Å². The maximum absolute atomic E-state index is 13.3. The second-order valence-corrected chi connectivity index (χ2v) is 13.7. The lowest BCUT2D eigenvalue weighted by atomic mass is 9.96. The molecule has 43 heavy (non-hydrogen) atoms. The number of halogens is 2. The number of ether oxygens (including phenoxy) is 1. The first-order valence-corrected chi connectivity index (χ1v) is 16.5. The number of amides is 4. The number of morpholine rings is 1. The average Bonchev–Trinajstić information content (AvgIpc) is 3.49. The fourth-order valence-electron chi connectivity index (χ4n) is 5.55. The Hall–Kier alpha value is -2.65. The summed E-state index contributed by atoms with van der Waals surface area (Å²) in [7, 11) is -4.13. The highest BCUT2D eigenvalue weighted by Gasteiger charge is 2.41. The molecule has 16 heteroatoms. The van der Waals surface area contributed by atoms with Crippen LogP contribution in [0.25, 0.3) is 0 Å². The van der Waals surface area contributed by atoms with Crippen LogP contribution in [-0.2, 0) is 29.1 Å². The number of nitrogens with one attached hydrogen (secondary N) is 2. The van der Waals surface area contributed by atoms with Gasteiger partial charge >= 0.3 is 12.0 Å². The SMILES string of the molecule is O=C(O)[C@H](CCC(=O)N1CCC(CNC(=O)N2CCOCC2)CC1)NC(=O)[C@@H]1CCCN1S(=O)(=O)c1cc(Cl)cc(Cl)c1. The van der Waals surface area contributed by atoms with Crippen LogP contribution in [0.4, 0.5) is 4.79 Å². The highest BCUT2D eigenvalue weighted by Crippen LogP contribution is 2.30. The standard InChI is InChI=1S/C27H37Cl2N5O8S/c28-19-14-20(29)16-21(15-19)43(40,41)34-7-1-2-23(34)25(36)31-22(26(37)38)3-4-24(35)32-8-5-18(6-9-32)17-30-27(39)33-10-12-42-13-11-33/h14-16,18,22-23H,1-13,17H2,(H,30,39)(H,31,36)(H,37,38)/t22-,23-/m0/s1. The van der Waals surface area contributed by atoms with Crippen molar-refractivity contribution in [1.29, 1.82) is 0 Å². The van der Waals surface area contributed by atoms with Crippen molar-refractivity contribution in [2.45, 2.75) is 55.5 Å². The first-order valence-electron chi connectivity index (χ1n) is 14.3. The largest absolute Gasteiger partial charge is 0.480 e. The number of benzene rings is 1. The normalized spacial score (nSPS) is 20.9. The highest BCUT2D eigenvalue weighted by atomic mass is 35.5. The molecule has 1 aromatic rings. The Balaban J connectivity index is 1.25. The number of rotatable bonds is 10. The minimum atomic E-state index is -4.13. The van der Waals surface area contributed by atoms with Crippen molar-refractivity contribution < 1.29 is 37.4 Å². The van der Waals surface area contributed by atoms with Gasteiger partial charge in [-0.3, -0.25) is 9.59 Å². The Labute approximate surface area is 260 Å². The zero-order chi connectivity index (χ0) is 31.1. The molecule has 3 fully saturated rings. The molecule has 4 amide bonds. The Kier molecular flexibility index (Phi) is 11.5. The molecule has 3 N–H and O–H groups in total. The number of carbonyl (C=O) groups excluding carboxylic acids is 3. The van der Waals surface area contributed by atoms with E-state index >= 15 is 0 Å². The number of likely N-dealkylation sites (tertiary alicyclic amines) is 1. The molecule has 1 aromatic carbocycles. The zero-order valence-corrected chi connectivity index (χ0v) is 26.0. The molecule has 0 bridgehead atoms. The molecular formula is C27H37Cl2N5O8S. The van der Waals surface area contributed by atoms with Gasteiger partial charge in [-0.2, -0.15) is 4.31 Å². The van der Waals surface area contributed by atoms with Crippen molar-refractivity contribution in [3.8, 4) is 0 Å². The van der Waals surface area contributed by atoms with Crippen LogP contribution in [0.5, 0.6) is 0 Å². The highest BCUT2D eigenvalue weighted by molar-refractivity contribution is 7.89. The predicted octanol–water partition coefficient (Wildman–Crippen LogP) is 1.78. The minimum absolute atomic E-state index is 0.0770. The lowest BCUT2D eigenvalue weighted by Gasteiger charge is -2.33. The summed E-state index contributed by atoms with van der Waals surface area (Å²) in [5.74, 6) is -2.05. The molecule has 0 saturated carbocycles. The van der Waals surface area contributed by atoms with Gasteiger partial charge in [-0.05, 0) is 56.2 Å². The molecular weight excluding hydrogens is 625 g/mol. The summed E-state index contributed by atoms with van der Waals surface area (Å²) in [5.41, 5.74) is 0. The summed E-state index contributed by atoms with van der Waals surface area (Å²) in [6, 6.07) is 1.29. The summed E-state index contributed by atoms with van der Waals surface area (Å²) < 4.78 is 32.8. The number of carboxylic acid groups (broad SMARTS) is 1. The lowest BCUT2D eigenvalue weighted by molar-refractivity contribution is -0.143. The molecule has 4 rings (SSSR count). The van der Waals surface area contributed by atoms with Crippen molar-refractivity contribution in [2.24, 2.45) is 5.92 Å². The van der Waals surface area contributed by atoms with E-state index in [1.807, 2.05) is 0 Å². The molecule has 238 valence electrons. The third-order valence-electron chi connectivity index (χ3n) is 8.02. The number of hydrogen-bond acceptors (Lipinski definition) is 7. The maximum atomic E-state index is 13.3. The Bertz CT molecular complexity index is 1280. The number of carbonyl (C=O) groups is 4. The smallest absolute Gasteiger partial charge is 0.326 e. The fourth-order valence-corrected chi connectivity index (χ4v) is 7.93. The molecule has 3 saturated heterocycles. The summed E-state index contributed by atoms with van der Waals surface area (Å²) in [6.45, 7) is 3.76. The van der Waals surface area contributed by atoms with Crippen molar-refractivity contribution >= 4 is 57.0 Å². The third-order valence-corrected chi connectivity index (χ3v) is 10.3. The molecule has 0 unspecified atom stereocenters. The van der Waals surface area contributed by atoms with E-state index in [1.165, 1.54) is 18.2 Å². The van der Waals surface area contributed by atoms with Crippen molar-refractivity contribution in [3.63, 3.8) is 0 Å². The van der Waals surface area contributed by atoms with Gasteiger partial charge in [0, 0.05) is 55.7 Å². The first kappa shape index (κ1) is 33.2. The topological polar surface area (TPSA) is 166 Å². The molecule has 0 aromatic heterocycles. The summed E-state index contributed by atoms with van der Waals surface area (Å²) >= 11 is 12.0. The van der Waals surface area contributed by atoms with E-state index < -0.39 is 34.0 Å². The first-order chi connectivity index (χ1) is 20.5. The zero-order valence-electron chi connectivity index (χ0n) is 23.7.